The van der Waals surface area contributed by atoms with Gasteiger partial charge in [-0.05, 0) is 19.4 Å². The van der Waals surface area contributed by atoms with Crippen LogP contribution in [0.3, 0.4) is 0 Å². The summed E-state index contributed by atoms with van der Waals surface area (Å²) in [4.78, 5) is 15.0. The number of aryl methyl sites for hydroxylation is 1. The van der Waals surface area contributed by atoms with Gasteiger partial charge in [-0.2, -0.15) is 4.98 Å². The first-order chi connectivity index (χ1) is 10.2. The Morgan fingerprint density at radius 1 is 1.43 bits per heavy atom. The lowest BCUT2D eigenvalue weighted by molar-refractivity contribution is 0.617. The van der Waals surface area contributed by atoms with Crippen molar-refractivity contribution in [1.82, 2.24) is 19.5 Å². The molecule has 3 aromatic heterocycles. The molecule has 7 heteroatoms. The Kier molecular flexibility index (Phi) is 3.74. The lowest BCUT2D eigenvalue weighted by atomic mass is 10.2. The van der Waals surface area contributed by atoms with E-state index in [9.17, 15) is 0 Å². The number of nitrogen functional groups attached to an aromatic ring is 1. The summed E-state index contributed by atoms with van der Waals surface area (Å²) in [7, 11) is 0. The van der Waals surface area contributed by atoms with Gasteiger partial charge in [-0.25, -0.2) is 9.97 Å². The van der Waals surface area contributed by atoms with E-state index in [1.165, 1.54) is 4.88 Å². The van der Waals surface area contributed by atoms with Gasteiger partial charge in [-0.1, -0.05) is 6.92 Å². The van der Waals surface area contributed by atoms with Crippen LogP contribution in [0.25, 0.3) is 10.2 Å². The van der Waals surface area contributed by atoms with Crippen LogP contribution in [0.2, 0.25) is 0 Å². The summed E-state index contributed by atoms with van der Waals surface area (Å²) >= 11 is 1.67. The van der Waals surface area contributed by atoms with E-state index in [4.69, 9.17) is 5.73 Å². The molecule has 0 radical (unpaired) electrons. The second-order valence-electron chi connectivity index (χ2n) is 5.02. The summed E-state index contributed by atoms with van der Waals surface area (Å²) in [6, 6.07) is 2.35. The van der Waals surface area contributed by atoms with Crippen LogP contribution in [0.5, 0.6) is 0 Å². The van der Waals surface area contributed by atoms with Crippen LogP contribution < -0.4 is 11.1 Å². The van der Waals surface area contributed by atoms with Gasteiger partial charge < -0.3 is 15.6 Å². The SMILES string of the molecule is CCc1cc2c(NC(C)Cn3ccnc3)nc(N)nc2s1. The minimum absolute atomic E-state index is 0.210. The van der Waals surface area contributed by atoms with Gasteiger partial charge in [0.2, 0.25) is 5.95 Å². The Balaban J connectivity index is 1.86. The van der Waals surface area contributed by atoms with Crippen LogP contribution in [0.1, 0.15) is 18.7 Å². The Morgan fingerprint density at radius 2 is 2.29 bits per heavy atom. The van der Waals surface area contributed by atoms with Gasteiger partial charge in [0.1, 0.15) is 10.6 Å². The second-order valence-corrected chi connectivity index (χ2v) is 6.14. The maximum absolute atomic E-state index is 5.82. The van der Waals surface area contributed by atoms with Gasteiger partial charge >= 0.3 is 0 Å². The van der Waals surface area contributed by atoms with E-state index in [0.29, 0.717) is 5.95 Å². The number of hydrogen-bond donors (Lipinski definition) is 2. The molecule has 3 N–H and O–H groups in total. The molecular formula is C14H18N6S. The zero-order valence-electron chi connectivity index (χ0n) is 12.1. The largest absolute Gasteiger partial charge is 0.368 e. The van der Waals surface area contributed by atoms with Crippen molar-refractivity contribution in [3.8, 4) is 0 Å². The number of nitrogens with two attached hydrogens (primary N) is 1. The molecule has 0 aliphatic heterocycles. The molecule has 0 spiro atoms. The fourth-order valence-electron chi connectivity index (χ4n) is 2.26. The van der Waals surface area contributed by atoms with Crippen LogP contribution in [0, 0.1) is 0 Å². The molecule has 3 heterocycles. The monoisotopic (exact) mass is 302 g/mol. The number of fused-ring (bicyclic) bond motifs is 1. The van der Waals surface area contributed by atoms with E-state index < -0.39 is 0 Å². The molecule has 21 heavy (non-hydrogen) atoms. The third kappa shape index (κ3) is 2.97. The van der Waals surface area contributed by atoms with Gasteiger partial charge in [-0.3, -0.25) is 0 Å². The van der Waals surface area contributed by atoms with E-state index in [1.807, 2.05) is 17.1 Å². The summed E-state index contributed by atoms with van der Waals surface area (Å²) in [5.41, 5.74) is 5.82. The van der Waals surface area contributed by atoms with Crippen molar-refractivity contribution in [1.29, 1.82) is 0 Å². The predicted molar refractivity (Wildman–Crippen MR) is 86.5 cm³/mol. The zero-order valence-corrected chi connectivity index (χ0v) is 12.9. The van der Waals surface area contributed by atoms with E-state index in [-0.39, 0.29) is 6.04 Å². The van der Waals surface area contributed by atoms with Crippen molar-refractivity contribution >= 4 is 33.3 Å². The molecule has 3 rings (SSSR count). The molecule has 0 bridgehead atoms. The van der Waals surface area contributed by atoms with Crippen molar-refractivity contribution in [2.24, 2.45) is 0 Å². The maximum Gasteiger partial charge on any atom is 0.223 e. The van der Waals surface area contributed by atoms with Crippen LogP contribution >= 0.6 is 11.3 Å². The topological polar surface area (TPSA) is 81.7 Å². The molecule has 0 aliphatic carbocycles. The normalized spacial score (nSPS) is 12.7. The molecule has 0 fully saturated rings. The van der Waals surface area contributed by atoms with Crippen molar-refractivity contribution < 1.29 is 0 Å². The van der Waals surface area contributed by atoms with Crippen molar-refractivity contribution in [2.75, 3.05) is 11.1 Å². The number of thiophene rings is 1. The second kappa shape index (κ2) is 5.69. The molecule has 0 amide bonds. The van der Waals surface area contributed by atoms with Crippen molar-refractivity contribution in [3.05, 3.63) is 29.7 Å². The van der Waals surface area contributed by atoms with Crippen LogP contribution in [0.4, 0.5) is 11.8 Å². The predicted octanol–water partition coefficient (Wildman–Crippen LogP) is 2.53. The number of nitrogens with zero attached hydrogens (tertiary/aromatic N) is 4. The van der Waals surface area contributed by atoms with E-state index >= 15 is 0 Å². The van der Waals surface area contributed by atoms with Gasteiger partial charge in [-0.15, -0.1) is 11.3 Å². The molecule has 0 aromatic carbocycles. The Morgan fingerprint density at radius 3 is 3.00 bits per heavy atom. The number of imidazole rings is 1. The van der Waals surface area contributed by atoms with E-state index in [1.54, 1.807) is 17.5 Å². The highest BCUT2D eigenvalue weighted by Crippen LogP contribution is 2.30. The van der Waals surface area contributed by atoms with Gasteiger partial charge in [0.05, 0.1) is 11.7 Å². The van der Waals surface area contributed by atoms with E-state index in [0.717, 1.165) is 29.0 Å². The Hall–Kier alpha value is -2.15. The molecule has 1 atom stereocenters. The van der Waals surface area contributed by atoms with Crippen LogP contribution in [-0.2, 0) is 13.0 Å². The zero-order chi connectivity index (χ0) is 14.8. The van der Waals surface area contributed by atoms with Gasteiger partial charge in [0, 0.05) is 29.9 Å². The van der Waals surface area contributed by atoms with Gasteiger partial charge in [0.25, 0.3) is 0 Å². The minimum Gasteiger partial charge on any atom is -0.368 e. The standard InChI is InChI=1S/C14H18N6S/c1-3-10-6-11-12(18-14(15)19-13(11)21-10)17-9(2)7-20-5-4-16-8-20/h4-6,8-9H,3,7H2,1-2H3,(H3,15,17,18,19). The fourth-order valence-corrected chi connectivity index (χ4v) is 3.24. The van der Waals surface area contributed by atoms with Gasteiger partial charge in [0.15, 0.2) is 0 Å². The molecule has 3 aromatic rings. The summed E-state index contributed by atoms with van der Waals surface area (Å²) in [6.07, 6.45) is 6.52. The number of nitrogens with one attached hydrogen (secondary N) is 1. The smallest absolute Gasteiger partial charge is 0.223 e. The quantitative estimate of drug-likeness (QED) is 0.757. The molecule has 0 aliphatic rings. The Labute approximate surface area is 127 Å². The summed E-state index contributed by atoms with van der Waals surface area (Å²) in [6.45, 7) is 5.06. The average molecular weight is 302 g/mol. The third-order valence-electron chi connectivity index (χ3n) is 3.24. The lowest BCUT2D eigenvalue weighted by Crippen LogP contribution is -2.22. The third-order valence-corrected chi connectivity index (χ3v) is 4.41. The van der Waals surface area contributed by atoms with Crippen LogP contribution in [0.15, 0.2) is 24.8 Å². The lowest BCUT2D eigenvalue weighted by Gasteiger charge is -2.15. The highest BCUT2D eigenvalue weighted by atomic mass is 32.1. The van der Waals surface area contributed by atoms with Crippen molar-refractivity contribution in [3.63, 3.8) is 0 Å². The summed E-state index contributed by atoms with van der Waals surface area (Å²) in [5.74, 6) is 1.12. The minimum atomic E-state index is 0.210. The first kappa shape index (κ1) is 13.8. The maximum atomic E-state index is 5.82. The molecule has 0 saturated heterocycles. The first-order valence-corrected chi connectivity index (χ1v) is 7.75. The Bertz CT molecular complexity index is 733. The highest BCUT2D eigenvalue weighted by molar-refractivity contribution is 7.18. The summed E-state index contributed by atoms with van der Waals surface area (Å²) in [5, 5.41) is 4.47. The summed E-state index contributed by atoms with van der Waals surface area (Å²) < 4.78 is 2.03. The molecule has 6 nitrogen and oxygen atoms in total. The fraction of sp³-hybridized carbons (Fsp3) is 0.357. The number of anilines is 2. The molecular weight excluding hydrogens is 284 g/mol. The molecule has 110 valence electrons. The number of aromatic nitrogens is 4. The van der Waals surface area contributed by atoms with Crippen LogP contribution in [-0.4, -0.2) is 25.6 Å². The number of hydrogen-bond acceptors (Lipinski definition) is 6. The van der Waals surface area contributed by atoms with Crippen molar-refractivity contribution in [2.45, 2.75) is 32.9 Å². The first-order valence-electron chi connectivity index (χ1n) is 6.94. The van der Waals surface area contributed by atoms with E-state index in [2.05, 4.69) is 40.2 Å². The number of rotatable bonds is 5. The molecule has 1 unspecified atom stereocenters. The highest BCUT2D eigenvalue weighted by Gasteiger charge is 2.12. The molecule has 0 saturated carbocycles. The average Bonchev–Trinajstić information content (AvgIpc) is 3.07.